The van der Waals surface area contributed by atoms with Gasteiger partial charge >= 0.3 is 6.01 Å². The van der Waals surface area contributed by atoms with E-state index in [-0.39, 0.29) is 0 Å². The van der Waals surface area contributed by atoms with Crippen molar-refractivity contribution in [1.82, 2.24) is 9.97 Å². The number of nitrogens with two attached hydrogens (primary N) is 1. The lowest BCUT2D eigenvalue weighted by Crippen LogP contribution is -2.06. The largest absolute Gasteiger partial charge is 0.463 e. The van der Waals surface area contributed by atoms with Crippen LogP contribution in [0.5, 0.6) is 6.01 Å². The SMILES string of the molecule is CC(C)COc1ncc(N)cn1. The first kappa shape index (κ1) is 8.77. The fraction of sp³-hybridized carbons (Fsp3) is 0.500. The molecule has 0 spiro atoms. The minimum absolute atomic E-state index is 0.387. The van der Waals surface area contributed by atoms with Gasteiger partial charge in [-0.3, -0.25) is 0 Å². The van der Waals surface area contributed by atoms with E-state index in [1.807, 2.05) is 0 Å². The van der Waals surface area contributed by atoms with Crippen molar-refractivity contribution in [1.29, 1.82) is 0 Å². The van der Waals surface area contributed by atoms with Crippen LogP contribution in [0.4, 0.5) is 5.69 Å². The lowest BCUT2D eigenvalue weighted by Gasteiger charge is -2.05. The molecule has 12 heavy (non-hydrogen) atoms. The zero-order valence-electron chi connectivity index (χ0n) is 7.32. The summed E-state index contributed by atoms with van der Waals surface area (Å²) in [5.74, 6) is 0.478. The first-order valence-corrected chi connectivity index (χ1v) is 3.89. The molecule has 1 heterocycles. The van der Waals surface area contributed by atoms with Crippen molar-refractivity contribution in [2.75, 3.05) is 12.3 Å². The van der Waals surface area contributed by atoms with Crippen LogP contribution in [-0.4, -0.2) is 16.6 Å². The highest BCUT2D eigenvalue weighted by Gasteiger charge is 1.98. The molecule has 0 saturated heterocycles. The van der Waals surface area contributed by atoms with E-state index in [0.717, 1.165) is 0 Å². The van der Waals surface area contributed by atoms with Gasteiger partial charge in [-0.05, 0) is 5.92 Å². The van der Waals surface area contributed by atoms with Crippen LogP contribution in [0.1, 0.15) is 13.8 Å². The van der Waals surface area contributed by atoms with Crippen LogP contribution in [0, 0.1) is 5.92 Å². The van der Waals surface area contributed by atoms with Gasteiger partial charge in [-0.1, -0.05) is 13.8 Å². The molecule has 0 fully saturated rings. The van der Waals surface area contributed by atoms with Crippen molar-refractivity contribution >= 4 is 5.69 Å². The maximum absolute atomic E-state index is 5.40. The number of rotatable bonds is 3. The summed E-state index contributed by atoms with van der Waals surface area (Å²) in [7, 11) is 0. The van der Waals surface area contributed by atoms with E-state index in [1.54, 1.807) is 0 Å². The van der Waals surface area contributed by atoms with E-state index in [1.165, 1.54) is 12.4 Å². The zero-order chi connectivity index (χ0) is 8.97. The van der Waals surface area contributed by atoms with Gasteiger partial charge in [0.05, 0.1) is 24.7 Å². The zero-order valence-corrected chi connectivity index (χ0v) is 7.32. The molecule has 66 valence electrons. The Morgan fingerprint density at radius 3 is 2.50 bits per heavy atom. The van der Waals surface area contributed by atoms with Gasteiger partial charge in [0.25, 0.3) is 0 Å². The van der Waals surface area contributed by atoms with E-state index in [0.29, 0.717) is 24.2 Å². The van der Waals surface area contributed by atoms with Gasteiger partial charge in [0, 0.05) is 0 Å². The second-order valence-corrected chi connectivity index (χ2v) is 3.00. The number of nitrogens with zero attached hydrogens (tertiary/aromatic N) is 2. The van der Waals surface area contributed by atoms with Crippen LogP contribution in [0.3, 0.4) is 0 Å². The minimum Gasteiger partial charge on any atom is -0.463 e. The van der Waals surface area contributed by atoms with Crippen LogP contribution in [0.15, 0.2) is 12.4 Å². The second kappa shape index (κ2) is 3.90. The average molecular weight is 167 g/mol. The molecular weight excluding hydrogens is 154 g/mol. The third-order valence-corrected chi connectivity index (χ3v) is 1.19. The van der Waals surface area contributed by atoms with E-state index < -0.39 is 0 Å². The van der Waals surface area contributed by atoms with Crippen LogP contribution in [-0.2, 0) is 0 Å². The minimum atomic E-state index is 0.387. The molecule has 0 bridgehead atoms. The van der Waals surface area contributed by atoms with Crippen LogP contribution >= 0.6 is 0 Å². The molecule has 0 aliphatic heterocycles. The molecule has 0 aliphatic carbocycles. The van der Waals surface area contributed by atoms with Gasteiger partial charge in [-0.2, -0.15) is 0 Å². The summed E-state index contributed by atoms with van der Waals surface area (Å²) in [6.07, 6.45) is 3.06. The first-order chi connectivity index (χ1) is 5.68. The van der Waals surface area contributed by atoms with Crippen molar-refractivity contribution in [2.24, 2.45) is 5.92 Å². The average Bonchev–Trinajstić information content (AvgIpc) is 2.03. The van der Waals surface area contributed by atoms with Gasteiger partial charge in [0.1, 0.15) is 0 Å². The molecular formula is C8H13N3O. The van der Waals surface area contributed by atoms with E-state index in [9.17, 15) is 0 Å². The highest BCUT2D eigenvalue weighted by atomic mass is 16.5. The summed E-state index contributed by atoms with van der Waals surface area (Å²) in [5, 5.41) is 0. The highest BCUT2D eigenvalue weighted by Crippen LogP contribution is 2.04. The molecule has 1 aromatic heterocycles. The number of aromatic nitrogens is 2. The Balaban J connectivity index is 2.48. The standard InChI is InChI=1S/C8H13N3O/c1-6(2)5-12-8-10-3-7(9)4-11-8/h3-4,6H,5,9H2,1-2H3. The number of hydrogen-bond donors (Lipinski definition) is 1. The van der Waals surface area contributed by atoms with Gasteiger partial charge in [-0.15, -0.1) is 0 Å². The normalized spacial score (nSPS) is 10.2. The Labute approximate surface area is 71.8 Å². The number of anilines is 1. The summed E-state index contributed by atoms with van der Waals surface area (Å²) in [4.78, 5) is 7.78. The molecule has 1 rings (SSSR count). The van der Waals surface area contributed by atoms with Crippen LogP contribution in [0.25, 0.3) is 0 Å². The molecule has 0 saturated carbocycles. The third-order valence-electron chi connectivity index (χ3n) is 1.19. The molecule has 0 aliphatic rings. The maximum atomic E-state index is 5.40. The third kappa shape index (κ3) is 2.74. The first-order valence-electron chi connectivity index (χ1n) is 3.89. The monoisotopic (exact) mass is 167 g/mol. The fourth-order valence-electron chi connectivity index (χ4n) is 0.642. The number of hydrogen-bond acceptors (Lipinski definition) is 4. The Kier molecular flexibility index (Phi) is 2.85. The Morgan fingerprint density at radius 2 is 2.00 bits per heavy atom. The Morgan fingerprint density at radius 1 is 1.42 bits per heavy atom. The molecule has 4 heteroatoms. The van der Waals surface area contributed by atoms with E-state index >= 15 is 0 Å². The van der Waals surface area contributed by atoms with E-state index in [2.05, 4.69) is 23.8 Å². The smallest absolute Gasteiger partial charge is 0.316 e. The summed E-state index contributed by atoms with van der Waals surface area (Å²) in [6, 6.07) is 0.387. The maximum Gasteiger partial charge on any atom is 0.316 e. The lowest BCUT2D eigenvalue weighted by molar-refractivity contribution is 0.251. The van der Waals surface area contributed by atoms with Gasteiger partial charge in [0.2, 0.25) is 0 Å². The fourth-order valence-corrected chi connectivity index (χ4v) is 0.642. The summed E-state index contributed by atoms with van der Waals surface area (Å²) in [5.41, 5.74) is 5.95. The molecule has 0 unspecified atom stereocenters. The summed E-state index contributed by atoms with van der Waals surface area (Å²) < 4.78 is 5.24. The molecule has 1 aromatic rings. The Hall–Kier alpha value is -1.32. The van der Waals surface area contributed by atoms with Gasteiger partial charge in [0.15, 0.2) is 0 Å². The summed E-state index contributed by atoms with van der Waals surface area (Å²) in [6.45, 7) is 4.76. The number of ether oxygens (including phenoxy) is 1. The Bertz CT molecular complexity index is 233. The van der Waals surface area contributed by atoms with Crippen molar-refractivity contribution < 1.29 is 4.74 Å². The highest BCUT2D eigenvalue weighted by molar-refractivity contribution is 5.30. The predicted octanol–water partition coefficient (Wildman–Crippen LogP) is 1.09. The predicted molar refractivity (Wildman–Crippen MR) is 46.8 cm³/mol. The van der Waals surface area contributed by atoms with Gasteiger partial charge in [-0.25, -0.2) is 9.97 Å². The molecule has 0 aromatic carbocycles. The molecule has 0 atom stereocenters. The second-order valence-electron chi connectivity index (χ2n) is 3.00. The van der Waals surface area contributed by atoms with Gasteiger partial charge < -0.3 is 10.5 Å². The van der Waals surface area contributed by atoms with Crippen LogP contribution < -0.4 is 10.5 Å². The van der Waals surface area contributed by atoms with Crippen LogP contribution in [0.2, 0.25) is 0 Å². The summed E-state index contributed by atoms with van der Waals surface area (Å²) >= 11 is 0. The number of nitrogen functional groups attached to an aromatic ring is 1. The lowest BCUT2D eigenvalue weighted by atomic mass is 10.2. The van der Waals surface area contributed by atoms with Crippen molar-refractivity contribution in [3.63, 3.8) is 0 Å². The topological polar surface area (TPSA) is 61.0 Å². The molecule has 0 amide bonds. The quantitative estimate of drug-likeness (QED) is 0.732. The van der Waals surface area contributed by atoms with Crippen molar-refractivity contribution in [3.8, 4) is 6.01 Å². The van der Waals surface area contributed by atoms with Crippen molar-refractivity contribution in [3.05, 3.63) is 12.4 Å². The molecule has 2 N–H and O–H groups in total. The van der Waals surface area contributed by atoms with E-state index in [4.69, 9.17) is 10.5 Å². The van der Waals surface area contributed by atoms with Crippen molar-refractivity contribution in [2.45, 2.75) is 13.8 Å². The molecule has 4 nitrogen and oxygen atoms in total. The molecule has 0 radical (unpaired) electrons.